The number of amides is 1. The first-order valence-electron chi connectivity index (χ1n) is 6.94. The molecule has 6 heteroatoms. The Morgan fingerprint density at radius 1 is 1.23 bits per heavy atom. The molecule has 0 bridgehead atoms. The number of nitrogens with zero attached hydrogens (tertiary/aromatic N) is 1. The Morgan fingerprint density at radius 3 is 2.73 bits per heavy atom. The summed E-state index contributed by atoms with van der Waals surface area (Å²) in [5.41, 5.74) is 0.997. The monoisotopic (exact) mass is 298 g/mol. The maximum absolute atomic E-state index is 12.1. The molecule has 0 spiro atoms. The first-order chi connectivity index (χ1) is 10.7. The van der Waals surface area contributed by atoms with Gasteiger partial charge in [0.25, 0.3) is 5.91 Å². The van der Waals surface area contributed by atoms with Crippen molar-refractivity contribution in [3.8, 4) is 0 Å². The zero-order valence-electron chi connectivity index (χ0n) is 11.7. The van der Waals surface area contributed by atoms with E-state index < -0.39 is 5.63 Å². The van der Waals surface area contributed by atoms with Crippen molar-refractivity contribution in [2.75, 3.05) is 5.32 Å². The summed E-state index contributed by atoms with van der Waals surface area (Å²) in [5, 5.41) is 14.7. The third-order valence-electron chi connectivity index (χ3n) is 3.55. The number of carbonyl (C=O) groups excluding carboxylic acids is 1. The van der Waals surface area contributed by atoms with E-state index >= 15 is 0 Å². The fraction of sp³-hybridized carbons (Fsp3) is 0.188. The number of rotatable bonds is 2. The molecule has 1 heterocycles. The lowest BCUT2D eigenvalue weighted by Crippen LogP contribution is -2.22. The van der Waals surface area contributed by atoms with Gasteiger partial charge in [0.1, 0.15) is 11.4 Å². The quantitative estimate of drug-likeness (QED) is 0.658. The minimum absolute atomic E-state index is 0.0896. The molecule has 2 aromatic rings. The third-order valence-corrected chi connectivity index (χ3v) is 3.55. The van der Waals surface area contributed by atoms with E-state index in [-0.39, 0.29) is 11.6 Å². The van der Waals surface area contributed by atoms with Crippen molar-refractivity contribution in [3.63, 3.8) is 0 Å². The molecule has 0 fully saturated rings. The van der Waals surface area contributed by atoms with Crippen LogP contribution >= 0.6 is 0 Å². The Balaban J connectivity index is 1.93. The van der Waals surface area contributed by atoms with Gasteiger partial charge in [-0.05, 0) is 43.0 Å². The second kappa shape index (κ2) is 5.85. The summed E-state index contributed by atoms with van der Waals surface area (Å²) < 4.78 is 5.21. The number of anilines is 1. The minimum atomic E-state index is -0.661. The summed E-state index contributed by atoms with van der Waals surface area (Å²) in [7, 11) is 0. The van der Waals surface area contributed by atoms with Crippen LogP contribution in [0.5, 0.6) is 0 Å². The van der Waals surface area contributed by atoms with Crippen LogP contribution in [0.4, 0.5) is 5.69 Å². The number of fused-ring (bicyclic) bond motifs is 1. The molecule has 1 aliphatic rings. The van der Waals surface area contributed by atoms with Gasteiger partial charge in [0.05, 0.1) is 0 Å². The van der Waals surface area contributed by atoms with Crippen molar-refractivity contribution >= 4 is 17.3 Å². The Kier molecular flexibility index (Phi) is 3.74. The fourth-order valence-electron chi connectivity index (χ4n) is 2.47. The van der Waals surface area contributed by atoms with Gasteiger partial charge in [0, 0.05) is 5.56 Å². The number of aryl methyl sites for hydroxylation is 1. The molecule has 1 aromatic carbocycles. The van der Waals surface area contributed by atoms with Crippen LogP contribution in [0.1, 0.15) is 34.5 Å². The lowest BCUT2D eigenvalue weighted by molar-refractivity contribution is 0.102. The summed E-state index contributed by atoms with van der Waals surface area (Å²) in [6, 6.07) is 10.2. The van der Waals surface area contributed by atoms with Crippen LogP contribution in [0.2, 0.25) is 0 Å². The minimum Gasteiger partial charge on any atom is -0.419 e. The molecule has 0 aliphatic heterocycles. The van der Waals surface area contributed by atoms with Crippen LogP contribution in [-0.2, 0) is 6.42 Å². The molecule has 0 saturated carbocycles. The largest absolute Gasteiger partial charge is 0.419 e. The number of hydrogen-bond acceptors (Lipinski definition) is 5. The van der Waals surface area contributed by atoms with Gasteiger partial charge in [-0.25, -0.2) is 4.79 Å². The highest BCUT2D eigenvalue weighted by Gasteiger charge is 2.21. The zero-order valence-corrected chi connectivity index (χ0v) is 11.7. The van der Waals surface area contributed by atoms with Crippen LogP contribution in [0, 0.1) is 0 Å². The Bertz CT molecular complexity index is 794. The lowest BCUT2D eigenvalue weighted by Gasteiger charge is -2.15. The molecule has 6 nitrogen and oxygen atoms in total. The molecule has 1 amide bonds. The fourth-order valence-corrected chi connectivity index (χ4v) is 2.47. The normalized spacial score (nSPS) is 15.4. The smallest absolute Gasteiger partial charge is 0.360 e. The van der Waals surface area contributed by atoms with Crippen LogP contribution in [0.3, 0.4) is 0 Å². The molecule has 2 N–H and O–H groups in total. The van der Waals surface area contributed by atoms with Crippen molar-refractivity contribution in [3.05, 3.63) is 63.7 Å². The highest BCUT2D eigenvalue weighted by atomic mass is 16.4. The van der Waals surface area contributed by atoms with Crippen molar-refractivity contribution in [2.24, 2.45) is 5.16 Å². The maximum Gasteiger partial charge on any atom is 0.360 e. The third kappa shape index (κ3) is 2.63. The average Bonchev–Trinajstić information content (AvgIpc) is 2.56. The standard InChI is InChI=1S/C16H14N2O4/c19-15(10-5-2-1-3-6-10)17-13-9-11-7-4-8-12(18-21)14(11)22-16(13)20/h1-3,5-6,9,21H,4,7-8H2,(H,17,19)/b18-12-. The number of carbonyl (C=O) groups is 1. The van der Waals surface area contributed by atoms with Gasteiger partial charge in [-0.15, -0.1) is 0 Å². The molecule has 1 aromatic heterocycles. The molecule has 0 saturated heterocycles. The van der Waals surface area contributed by atoms with Gasteiger partial charge in [-0.1, -0.05) is 23.4 Å². The molecule has 1 aliphatic carbocycles. The van der Waals surface area contributed by atoms with E-state index in [4.69, 9.17) is 9.62 Å². The highest BCUT2D eigenvalue weighted by molar-refractivity contribution is 6.04. The van der Waals surface area contributed by atoms with Gasteiger partial charge >= 0.3 is 5.63 Å². The molecular weight excluding hydrogens is 284 g/mol. The average molecular weight is 298 g/mol. The molecule has 0 unspecified atom stereocenters. The van der Waals surface area contributed by atoms with Crippen LogP contribution in [-0.4, -0.2) is 16.8 Å². The summed E-state index contributed by atoms with van der Waals surface area (Å²) in [6.45, 7) is 0. The van der Waals surface area contributed by atoms with Crippen LogP contribution in [0.25, 0.3) is 0 Å². The van der Waals surface area contributed by atoms with E-state index in [1.54, 1.807) is 36.4 Å². The van der Waals surface area contributed by atoms with E-state index in [0.717, 1.165) is 12.0 Å². The lowest BCUT2D eigenvalue weighted by atomic mass is 9.95. The van der Waals surface area contributed by atoms with Gasteiger partial charge in [-0.2, -0.15) is 0 Å². The molecule has 112 valence electrons. The molecule has 22 heavy (non-hydrogen) atoms. The molecular formula is C16H14N2O4. The summed E-state index contributed by atoms with van der Waals surface area (Å²) in [5.74, 6) is -0.0730. The number of hydrogen-bond donors (Lipinski definition) is 2. The predicted molar refractivity (Wildman–Crippen MR) is 80.6 cm³/mol. The van der Waals surface area contributed by atoms with Gasteiger partial charge in [-0.3, -0.25) is 4.79 Å². The van der Waals surface area contributed by atoms with Crippen molar-refractivity contribution < 1.29 is 14.4 Å². The second-order valence-corrected chi connectivity index (χ2v) is 5.02. The van der Waals surface area contributed by atoms with E-state index in [9.17, 15) is 9.59 Å². The Morgan fingerprint density at radius 2 is 2.00 bits per heavy atom. The first kappa shape index (κ1) is 14.1. The molecule has 0 atom stereocenters. The van der Waals surface area contributed by atoms with Crippen molar-refractivity contribution in [1.29, 1.82) is 0 Å². The highest BCUT2D eigenvalue weighted by Crippen LogP contribution is 2.22. The summed E-state index contributed by atoms with van der Waals surface area (Å²) in [6.07, 6.45) is 2.06. The van der Waals surface area contributed by atoms with E-state index in [0.29, 0.717) is 29.9 Å². The second-order valence-electron chi connectivity index (χ2n) is 5.02. The molecule has 3 rings (SSSR count). The van der Waals surface area contributed by atoms with Crippen LogP contribution < -0.4 is 10.9 Å². The van der Waals surface area contributed by atoms with Gasteiger partial charge in [0.15, 0.2) is 5.76 Å². The SMILES string of the molecule is O=C(Nc1cc2c(oc1=O)/C(=N\O)CCC2)c1ccccc1. The van der Waals surface area contributed by atoms with E-state index in [2.05, 4.69) is 10.5 Å². The number of benzene rings is 1. The summed E-state index contributed by atoms with van der Waals surface area (Å²) >= 11 is 0. The van der Waals surface area contributed by atoms with E-state index in [1.807, 2.05) is 0 Å². The number of nitrogens with one attached hydrogen (secondary N) is 1. The van der Waals surface area contributed by atoms with Gasteiger partial charge < -0.3 is 14.9 Å². The Hall–Kier alpha value is -2.89. The topological polar surface area (TPSA) is 91.9 Å². The molecule has 0 radical (unpaired) electrons. The zero-order chi connectivity index (χ0) is 15.5. The Labute approximate surface area is 126 Å². The van der Waals surface area contributed by atoms with Gasteiger partial charge in [0.2, 0.25) is 0 Å². The van der Waals surface area contributed by atoms with Crippen LogP contribution in [0.15, 0.2) is 50.8 Å². The first-order valence-corrected chi connectivity index (χ1v) is 6.94. The van der Waals surface area contributed by atoms with Crippen molar-refractivity contribution in [2.45, 2.75) is 19.3 Å². The van der Waals surface area contributed by atoms with E-state index in [1.165, 1.54) is 0 Å². The van der Waals surface area contributed by atoms with Crippen molar-refractivity contribution in [1.82, 2.24) is 0 Å². The number of oxime groups is 1. The summed E-state index contributed by atoms with van der Waals surface area (Å²) in [4.78, 5) is 24.1. The maximum atomic E-state index is 12.1. The predicted octanol–water partition coefficient (Wildman–Crippen LogP) is 2.41.